The van der Waals surface area contributed by atoms with Crippen molar-refractivity contribution in [1.29, 1.82) is 0 Å². The summed E-state index contributed by atoms with van der Waals surface area (Å²) in [5.41, 5.74) is 2.23. The standard InChI is InChI=1S/C14H19N3O3/c1-20-7-6-15-4-5-16-14(19)11-3-2-10-9-13(18)17-12(10)8-11/h2-3,8,15H,4-7,9H2,1H3,(H,16,19)(H,17,18). The van der Waals surface area contributed by atoms with E-state index in [4.69, 9.17) is 4.74 Å². The highest BCUT2D eigenvalue weighted by atomic mass is 16.5. The first-order valence-corrected chi connectivity index (χ1v) is 6.61. The molecule has 3 N–H and O–H groups in total. The third-order valence-corrected chi connectivity index (χ3v) is 3.07. The number of hydrogen-bond acceptors (Lipinski definition) is 4. The van der Waals surface area contributed by atoms with Gasteiger partial charge in [0.25, 0.3) is 5.91 Å². The molecule has 2 amide bonds. The maximum absolute atomic E-state index is 11.9. The highest BCUT2D eigenvalue weighted by molar-refractivity contribution is 6.02. The van der Waals surface area contributed by atoms with Gasteiger partial charge in [0.2, 0.25) is 5.91 Å². The zero-order valence-corrected chi connectivity index (χ0v) is 11.5. The molecule has 0 radical (unpaired) electrons. The summed E-state index contributed by atoms with van der Waals surface area (Å²) >= 11 is 0. The molecule has 2 rings (SSSR count). The summed E-state index contributed by atoms with van der Waals surface area (Å²) < 4.78 is 4.91. The molecule has 0 saturated carbocycles. The molecular formula is C14H19N3O3. The third kappa shape index (κ3) is 3.79. The largest absolute Gasteiger partial charge is 0.383 e. The molecule has 0 saturated heterocycles. The van der Waals surface area contributed by atoms with Crippen LogP contribution in [0.1, 0.15) is 15.9 Å². The van der Waals surface area contributed by atoms with Crippen LogP contribution in [0.2, 0.25) is 0 Å². The van der Waals surface area contributed by atoms with Crippen molar-refractivity contribution in [2.45, 2.75) is 6.42 Å². The molecule has 0 spiro atoms. The highest BCUT2D eigenvalue weighted by Crippen LogP contribution is 2.23. The molecule has 6 heteroatoms. The number of benzene rings is 1. The van der Waals surface area contributed by atoms with Crippen molar-refractivity contribution in [3.63, 3.8) is 0 Å². The summed E-state index contributed by atoms with van der Waals surface area (Å²) in [5.74, 6) is -0.164. The maximum Gasteiger partial charge on any atom is 0.251 e. The van der Waals surface area contributed by atoms with Gasteiger partial charge in [-0.25, -0.2) is 0 Å². The van der Waals surface area contributed by atoms with Gasteiger partial charge in [-0.2, -0.15) is 0 Å². The number of ether oxygens (including phenoxy) is 1. The zero-order chi connectivity index (χ0) is 14.4. The van der Waals surface area contributed by atoms with Crippen LogP contribution in [0.25, 0.3) is 0 Å². The highest BCUT2D eigenvalue weighted by Gasteiger charge is 2.18. The van der Waals surface area contributed by atoms with Crippen molar-refractivity contribution in [2.24, 2.45) is 0 Å². The van der Waals surface area contributed by atoms with Gasteiger partial charge in [-0.15, -0.1) is 0 Å². The Labute approximate surface area is 117 Å². The maximum atomic E-state index is 11.9. The molecule has 1 aliphatic rings. The fourth-order valence-electron chi connectivity index (χ4n) is 2.02. The lowest BCUT2D eigenvalue weighted by Gasteiger charge is -2.07. The number of rotatable bonds is 7. The molecule has 108 valence electrons. The SMILES string of the molecule is COCCNCCNC(=O)c1ccc2c(c1)NC(=O)C2. The minimum atomic E-state index is -0.137. The Kier molecular flexibility index (Phi) is 5.09. The predicted octanol–water partition coefficient (Wildman–Crippen LogP) is 0.147. The summed E-state index contributed by atoms with van der Waals surface area (Å²) in [6.45, 7) is 2.65. The Balaban J connectivity index is 1.79. The van der Waals surface area contributed by atoms with Gasteiger partial charge in [0.1, 0.15) is 0 Å². The topological polar surface area (TPSA) is 79.5 Å². The molecule has 1 heterocycles. The van der Waals surface area contributed by atoms with Crippen molar-refractivity contribution in [2.75, 3.05) is 38.7 Å². The van der Waals surface area contributed by atoms with Crippen LogP contribution in [0.15, 0.2) is 18.2 Å². The van der Waals surface area contributed by atoms with Gasteiger partial charge in [0, 0.05) is 38.0 Å². The summed E-state index contributed by atoms with van der Waals surface area (Å²) in [7, 11) is 1.65. The molecule has 6 nitrogen and oxygen atoms in total. The second-order valence-electron chi connectivity index (χ2n) is 4.60. The smallest absolute Gasteiger partial charge is 0.251 e. The Bertz CT molecular complexity index is 502. The Hall–Kier alpha value is -1.92. The minimum absolute atomic E-state index is 0.0279. The van der Waals surface area contributed by atoms with Gasteiger partial charge < -0.3 is 20.7 Å². The summed E-state index contributed by atoms with van der Waals surface area (Å²) in [6, 6.07) is 5.28. The quantitative estimate of drug-likeness (QED) is 0.620. The lowest BCUT2D eigenvalue weighted by Crippen LogP contribution is -2.33. The lowest BCUT2D eigenvalue weighted by atomic mass is 10.1. The summed E-state index contributed by atoms with van der Waals surface area (Å²) in [6.07, 6.45) is 0.390. The number of amides is 2. The van der Waals surface area contributed by atoms with Crippen LogP contribution in [0.4, 0.5) is 5.69 Å². The van der Waals surface area contributed by atoms with Crippen LogP contribution >= 0.6 is 0 Å². The molecular weight excluding hydrogens is 258 g/mol. The first-order valence-electron chi connectivity index (χ1n) is 6.61. The number of carbonyl (C=O) groups is 2. The average molecular weight is 277 g/mol. The number of carbonyl (C=O) groups excluding carboxylic acids is 2. The monoisotopic (exact) mass is 277 g/mol. The normalized spacial score (nSPS) is 12.9. The van der Waals surface area contributed by atoms with E-state index in [2.05, 4.69) is 16.0 Å². The van der Waals surface area contributed by atoms with Gasteiger partial charge in [0.15, 0.2) is 0 Å². The minimum Gasteiger partial charge on any atom is -0.383 e. The fraction of sp³-hybridized carbons (Fsp3) is 0.429. The van der Waals surface area contributed by atoms with Crippen molar-refractivity contribution in [1.82, 2.24) is 10.6 Å². The number of fused-ring (bicyclic) bond motifs is 1. The van der Waals surface area contributed by atoms with Gasteiger partial charge in [-0.1, -0.05) is 6.07 Å². The van der Waals surface area contributed by atoms with Crippen LogP contribution in [0.5, 0.6) is 0 Å². The molecule has 0 atom stereocenters. The van der Waals surface area contributed by atoms with Crippen LogP contribution < -0.4 is 16.0 Å². The molecule has 0 aliphatic carbocycles. The van der Waals surface area contributed by atoms with Gasteiger partial charge in [-0.3, -0.25) is 9.59 Å². The van der Waals surface area contributed by atoms with Gasteiger partial charge in [-0.05, 0) is 17.7 Å². The van der Waals surface area contributed by atoms with Gasteiger partial charge in [0.05, 0.1) is 13.0 Å². The molecule has 0 fully saturated rings. The van der Waals surface area contributed by atoms with Crippen molar-refractivity contribution in [3.8, 4) is 0 Å². The molecule has 1 aromatic carbocycles. The fourth-order valence-corrected chi connectivity index (χ4v) is 2.02. The van der Waals surface area contributed by atoms with E-state index in [1.807, 2.05) is 6.07 Å². The Morgan fingerprint density at radius 3 is 3.00 bits per heavy atom. The number of hydrogen-bond donors (Lipinski definition) is 3. The van der Waals surface area contributed by atoms with E-state index in [0.717, 1.165) is 17.8 Å². The first kappa shape index (κ1) is 14.5. The van der Waals surface area contributed by atoms with E-state index in [-0.39, 0.29) is 11.8 Å². The lowest BCUT2D eigenvalue weighted by molar-refractivity contribution is -0.115. The zero-order valence-electron chi connectivity index (χ0n) is 11.5. The molecule has 0 unspecified atom stereocenters. The summed E-state index contributed by atoms with van der Waals surface area (Å²) in [4.78, 5) is 23.2. The van der Waals surface area contributed by atoms with Crippen molar-refractivity contribution >= 4 is 17.5 Å². The van der Waals surface area contributed by atoms with E-state index >= 15 is 0 Å². The van der Waals surface area contributed by atoms with Crippen LogP contribution in [-0.4, -0.2) is 45.2 Å². The van der Waals surface area contributed by atoms with Crippen molar-refractivity contribution < 1.29 is 14.3 Å². The number of anilines is 1. The van der Waals surface area contributed by atoms with Gasteiger partial charge >= 0.3 is 0 Å². The third-order valence-electron chi connectivity index (χ3n) is 3.07. The predicted molar refractivity (Wildman–Crippen MR) is 75.9 cm³/mol. The average Bonchev–Trinajstić information content (AvgIpc) is 2.81. The summed E-state index contributed by atoms with van der Waals surface area (Å²) in [5, 5.41) is 8.71. The van der Waals surface area contributed by atoms with Crippen LogP contribution in [0, 0.1) is 0 Å². The molecule has 0 bridgehead atoms. The van der Waals surface area contributed by atoms with Crippen LogP contribution in [0.3, 0.4) is 0 Å². The number of methoxy groups -OCH3 is 1. The second-order valence-corrected chi connectivity index (χ2v) is 4.60. The van der Waals surface area contributed by atoms with E-state index in [1.54, 1.807) is 19.2 Å². The van der Waals surface area contributed by atoms with Crippen LogP contribution in [-0.2, 0) is 16.0 Å². The second kappa shape index (κ2) is 7.02. The van der Waals surface area contributed by atoms with E-state index in [9.17, 15) is 9.59 Å². The molecule has 0 aromatic heterocycles. The number of nitrogens with one attached hydrogen (secondary N) is 3. The Morgan fingerprint density at radius 1 is 1.35 bits per heavy atom. The molecule has 20 heavy (non-hydrogen) atoms. The van der Waals surface area contributed by atoms with Crippen molar-refractivity contribution in [3.05, 3.63) is 29.3 Å². The molecule has 1 aliphatic heterocycles. The van der Waals surface area contributed by atoms with E-state index < -0.39 is 0 Å². The molecule has 1 aromatic rings. The Morgan fingerprint density at radius 2 is 2.20 bits per heavy atom. The van der Waals surface area contributed by atoms with E-state index in [0.29, 0.717) is 31.7 Å². The first-order chi connectivity index (χ1) is 9.70. The van der Waals surface area contributed by atoms with E-state index in [1.165, 1.54) is 0 Å².